The molecule has 5 nitrogen and oxygen atoms in total. The van der Waals surface area contributed by atoms with Crippen molar-refractivity contribution in [2.75, 3.05) is 7.05 Å². The molecule has 2 amide bonds. The maximum Gasteiger partial charge on any atom is 0.418 e. The minimum atomic E-state index is -0.654. The average molecular weight is 214 g/mol. The summed E-state index contributed by atoms with van der Waals surface area (Å²) < 4.78 is 4.63. The summed E-state index contributed by atoms with van der Waals surface area (Å²) in [7, 11) is 1.60. The van der Waals surface area contributed by atoms with Crippen molar-refractivity contribution in [2.24, 2.45) is 0 Å². The summed E-state index contributed by atoms with van der Waals surface area (Å²) in [5, 5.41) is 2.58. The fraction of sp³-hybridized carbons (Fsp3) is 0.800. The molecule has 1 fully saturated rings. The number of carbonyl (C=O) groups is 2. The van der Waals surface area contributed by atoms with Crippen LogP contribution in [0, 0.1) is 0 Å². The zero-order chi connectivity index (χ0) is 11.6. The van der Waals surface area contributed by atoms with Gasteiger partial charge in [-0.3, -0.25) is 0 Å². The highest BCUT2D eigenvalue weighted by atomic mass is 16.6. The fourth-order valence-corrected chi connectivity index (χ4v) is 0.845. The van der Waals surface area contributed by atoms with E-state index in [1.54, 1.807) is 7.05 Å². The Morgan fingerprint density at radius 1 is 1.33 bits per heavy atom. The molecule has 1 saturated carbocycles. The Labute approximate surface area is 89.8 Å². The van der Waals surface area contributed by atoms with Crippen molar-refractivity contribution in [3.8, 4) is 0 Å². The van der Waals surface area contributed by atoms with E-state index in [0.29, 0.717) is 0 Å². The van der Waals surface area contributed by atoms with Gasteiger partial charge in [0.25, 0.3) is 0 Å². The van der Waals surface area contributed by atoms with Crippen LogP contribution >= 0.6 is 0 Å². The summed E-state index contributed by atoms with van der Waals surface area (Å²) >= 11 is 0. The zero-order valence-corrected chi connectivity index (χ0v) is 9.66. The highest BCUT2D eigenvalue weighted by Crippen LogP contribution is 2.19. The minimum Gasteiger partial charge on any atom is -0.359 e. The number of carbonyl (C=O) groups excluding carboxylic acids is 2. The highest BCUT2D eigenvalue weighted by molar-refractivity contribution is 5.84. The molecule has 0 aliphatic heterocycles. The second kappa shape index (κ2) is 4.08. The van der Waals surface area contributed by atoms with Gasteiger partial charge in [-0.2, -0.15) is 0 Å². The van der Waals surface area contributed by atoms with Crippen molar-refractivity contribution in [3.63, 3.8) is 0 Å². The number of hydrogen-bond donors (Lipinski definition) is 1. The monoisotopic (exact) mass is 214 g/mol. The Balaban J connectivity index is 2.36. The second-order valence-electron chi connectivity index (χ2n) is 4.80. The lowest BCUT2D eigenvalue weighted by Gasteiger charge is -2.30. The van der Waals surface area contributed by atoms with Gasteiger partial charge >= 0.3 is 12.2 Å². The quantitative estimate of drug-likeness (QED) is 0.676. The predicted molar refractivity (Wildman–Crippen MR) is 55.6 cm³/mol. The van der Waals surface area contributed by atoms with Crippen molar-refractivity contribution >= 4 is 12.2 Å². The molecule has 86 valence electrons. The van der Waals surface area contributed by atoms with Gasteiger partial charge in [-0.15, -0.1) is 0 Å². The Kier molecular flexibility index (Phi) is 3.21. The molecule has 0 radical (unpaired) electrons. The maximum absolute atomic E-state index is 11.4. The van der Waals surface area contributed by atoms with Crippen LogP contribution in [0.25, 0.3) is 0 Å². The van der Waals surface area contributed by atoms with E-state index in [4.69, 9.17) is 0 Å². The number of amides is 2. The normalized spacial score (nSPS) is 15.7. The summed E-state index contributed by atoms with van der Waals surface area (Å²) in [6, 6.07) is 0.199. The lowest BCUT2D eigenvalue weighted by molar-refractivity contribution is 0.0978. The van der Waals surface area contributed by atoms with E-state index in [2.05, 4.69) is 10.1 Å². The molecule has 1 aliphatic rings. The minimum absolute atomic E-state index is 0.199. The highest BCUT2D eigenvalue weighted by Gasteiger charge is 2.28. The van der Waals surface area contributed by atoms with Crippen LogP contribution in [0.1, 0.15) is 33.6 Å². The molecule has 0 spiro atoms. The predicted octanol–water partition coefficient (Wildman–Crippen LogP) is 1.73. The molecule has 0 saturated heterocycles. The number of alkyl carbamates (subject to hydrolysis) is 1. The molecule has 0 unspecified atom stereocenters. The van der Waals surface area contributed by atoms with Crippen LogP contribution in [0.4, 0.5) is 9.59 Å². The summed E-state index contributed by atoms with van der Waals surface area (Å²) in [4.78, 5) is 24.0. The third kappa shape index (κ3) is 3.77. The van der Waals surface area contributed by atoms with E-state index >= 15 is 0 Å². The van der Waals surface area contributed by atoms with Crippen molar-refractivity contribution in [3.05, 3.63) is 0 Å². The second-order valence-corrected chi connectivity index (χ2v) is 4.80. The summed E-state index contributed by atoms with van der Waals surface area (Å²) in [5.41, 5.74) is -0.350. The van der Waals surface area contributed by atoms with Gasteiger partial charge in [-0.25, -0.2) is 9.59 Å². The van der Waals surface area contributed by atoms with Crippen molar-refractivity contribution in [1.29, 1.82) is 0 Å². The lowest BCUT2D eigenvalue weighted by atomic mass is 10.1. The molecule has 15 heavy (non-hydrogen) atoms. The van der Waals surface area contributed by atoms with Crippen LogP contribution in [0.2, 0.25) is 0 Å². The van der Waals surface area contributed by atoms with Crippen molar-refractivity contribution in [2.45, 2.75) is 45.2 Å². The number of rotatable bonds is 1. The molecule has 0 bridgehead atoms. The molecule has 0 aromatic rings. The zero-order valence-electron chi connectivity index (χ0n) is 9.66. The number of nitrogens with one attached hydrogen (secondary N) is 1. The Morgan fingerprint density at radius 3 is 2.27 bits per heavy atom. The van der Waals surface area contributed by atoms with E-state index in [1.165, 1.54) is 4.90 Å². The lowest BCUT2D eigenvalue weighted by Crippen LogP contribution is -2.44. The Hall–Kier alpha value is -1.26. The van der Waals surface area contributed by atoms with Gasteiger partial charge < -0.3 is 15.0 Å². The Bertz CT molecular complexity index is 266. The van der Waals surface area contributed by atoms with E-state index in [0.717, 1.165) is 12.8 Å². The maximum atomic E-state index is 11.4. The molecule has 1 N–H and O–H groups in total. The average Bonchev–Trinajstić information content (AvgIpc) is 2.84. The van der Waals surface area contributed by atoms with Crippen LogP contribution in [-0.2, 0) is 4.74 Å². The van der Waals surface area contributed by atoms with Gasteiger partial charge in [0.2, 0.25) is 0 Å². The third-order valence-corrected chi connectivity index (χ3v) is 2.36. The van der Waals surface area contributed by atoms with Crippen LogP contribution in [0.5, 0.6) is 0 Å². The first-order chi connectivity index (χ1) is 6.80. The van der Waals surface area contributed by atoms with Gasteiger partial charge in [0.05, 0.1) is 0 Å². The number of ether oxygens (including phenoxy) is 1. The molecule has 1 rings (SSSR count). The van der Waals surface area contributed by atoms with Crippen molar-refractivity contribution in [1.82, 2.24) is 10.2 Å². The molecule has 0 aromatic heterocycles. The molecule has 5 heteroatoms. The molecular weight excluding hydrogens is 196 g/mol. The number of hydrogen-bond acceptors (Lipinski definition) is 3. The van der Waals surface area contributed by atoms with E-state index < -0.39 is 12.2 Å². The first kappa shape index (κ1) is 11.8. The molecule has 0 aromatic carbocycles. The standard InChI is InChI=1S/C10H18N2O3/c1-10(2,3)12(4)9(14)15-8(13)11-7-5-6-7/h7H,5-6H2,1-4H3,(H,11,13). The van der Waals surface area contributed by atoms with Gasteiger partial charge in [0.15, 0.2) is 0 Å². The summed E-state index contributed by atoms with van der Waals surface area (Å²) in [6.07, 6.45) is 0.663. The van der Waals surface area contributed by atoms with Crippen molar-refractivity contribution < 1.29 is 14.3 Å². The number of nitrogens with zero attached hydrogens (tertiary/aromatic N) is 1. The van der Waals surface area contributed by atoms with E-state index in [1.807, 2.05) is 20.8 Å². The third-order valence-electron chi connectivity index (χ3n) is 2.36. The van der Waals surface area contributed by atoms with Crippen LogP contribution < -0.4 is 5.32 Å². The van der Waals surface area contributed by atoms with Crippen LogP contribution in [-0.4, -0.2) is 35.7 Å². The topological polar surface area (TPSA) is 58.6 Å². The molecule has 0 heterocycles. The largest absolute Gasteiger partial charge is 0.418 e. The van der Waals surface area contributed by atoms with Crippen LogP contribution in [0.3, 0.4) is 0 Å². The summed E-state index contributed by atoms with van der Waals surface area (Å²) in [6.45, 7) is 5.60. The van der Waals surface area contributed by atoms with Gasteiger partial charge in [-0.1, -0.05) is 0 Å². The summed E-state index contributed by atoms with van der Waals surface area (Å²) in [5.74, 6) is 0. The van der Waals surface area contributed by atoms with Crippen LogP contribution in [0.15, 0.2) is 0 Å². The molecule has 0 atom stereocenters. The first-order valence-electron chi connectivity index (χ1n) is 5.07. The van der Waals surface area contributed by atoms with E-state index in [-0.39, 0.29) is 11.6 Å². The van der Waals surface area contributed by atoms with E-state index in [9.17, 15) is 9.59 Å². The fourth-order valence-electron chi connectivity index (χ4n) is 0.845. The molecular formula is C10H18N2O3. The Morgan fingerprint density at radius 2 is 1.87 bits per heavy atom. The first-order valence-corrected chi connectivity index (χ1v) is 5.07. The van der Waals surface area contributed by atoms with Gasteiger partial charge in [0, 0.05) is 18.6 Å². The van der Waals surface area contributed by atoms with Gasteiger partial charge in [-0.05, 0) is 33.6 Å². The molecule has 1 aliphatic carbocycles. The SMILES string of the molecule is CN(C(=O)OC(=O)NC1CC1)C(C)(C)C. The van der Waals surface area contributed by atoms with Gasteiger partial charge in [0.1, 0.15) is 0 Å². The smallest absolute Gasteiger partial charge is 0.359 e.